The van der Waals surface area contributed by atoms with E-state index in [4.69, 9.17) is 16.3 Å². The molecule has 0 unspecified atom stereocenters. The third kappa shape index (κ3) is 4.01. The predicted octanol–water partition coefficient (Wildman–Crippen LogP) is 1.81. The van der Waals surface area contributed by atoms with Crippen LogP contribution in [0.25, 0.3) is 5.69 Å². The molecular weight excluding hydrogens is 322 g/mol. The van der Waals surface area contributed by atoms with Gasteiger partial charge in [0.15, 0.2) is 0 Å². The summed E-state index contributed by atoms with van der Waals surface area (Å²) in [6, 6.07) is 6.75. The van der Waals surface area contributed by atoms with Crippen LogP contribution in [-0.4, -0.2) is 42.2 Å². The van der Waals surface area contributed by atoms with Gasteiger partial charge in [0.1, 0.15) is 12.1 Å². The van der Waals surface area contributed by atoms with E-state index in [9.17, 15) is 9.59 Å². The molecule has 23 heavy (non-hydrogen) atoms. The number of aliphatic imine (C=N–C) groups is 1. The molecule has 0 spiro atoms. The van der Waals surface area contributed by atoms with Crippen LogP contribution < -0.4 is 10.3 Å². The first kappa shape index (κ1) is 16.8. The minimum Gasteiger partial charge on any atom is -0.478 e. The third-order valence-electron chi connectivity index (χ3n) is 2.93. The number of methoxy groups -OCH3 is 1. The van der Waals surface area contributed by atoms with E-state index in [2.05, 4.69) is 14.8 Å². The summed E-state index contributed by atoms with van der Waals surface area (Å²) >= 11 is 5.85. The molecule has 0 bridgehead atoms. The molecule has 7 nitrogen and oxygen atoms in total. The van der Waals surface area contributed by atoms with Crippen molar-refractivity contribution in [1.82, 2.24) is 9.78 Å². The Bertz CT molecular complexity index is 762. The molecule has 8 heteroatoms. The molecule has 0 radical (unpaired) electrons. The van der Waals surface area contributed by atoms with Gasteiger partial charge in [0.05, 0.1) is 19.4 Å². The van der Waals surface area contributed by atoms with Crippen molar-refractivity contribution in [3.63, 3.8) is 0 Å². The SMILES string of the molecule is CCOc1[nH]n(-c2ccc(Cl)cc2)c(=O)c1C=NCC(=O)OC. The lowest BCUT2D eigenvalue weighted by molar-refractivity contribution is -0.138. The normalized spacial score (nSPS) is 10.9. The Morgan fingerprint density at radius 2 is 2.09 bits per heavy atom. The predicted molar refractivity (Wildman–Crippen MR) is 87.0 cm³/mol. The lowest BCUT2D eigenvalue weighted by Crippen LogP contribution is -2.17. The largest absolute Gasteiger partial charge is 0.478 e. The van der Waals surface area contributed by atoms with Gasteiger partial charge in [0, 0.05) is 11.2 Å². The topological polar surface area (TPSA) is 85.7 Å². The van der Waals surface area contributed by atoms with E-state index >= 15 is 0 Å². The number of carbonyl (C=O) groups is 1. The van der Waals surface area contributed by atoms with Crippen LogP contribution in [-0.2, 0) is 9.53 Å². The first-order chi connectivity index (χ1) is 11.1. The van der Waals surface area contributed by atoms with Gasteiger partial charge in [-0.2, -0.15) is 0 Å². The zero-order chi connectivity index (χ0) is 16.8. The molecule has 1 aromatic carbocycles. The van der Waals surface area contributed by atoms with Crippen LogP contribution in [0.2, 0.25) is 5.02 Å². The Kier molecular flexibility index (Phi) is 5.59. The second kappa shape index (κ2) is 7.64. The van der Waals surface area contributed by atoms with Crippen LogP contribution in [0.5, 0.6) is 5.88 Å². The number of esters is 1. The van der Waals surface area contributed by atoms with Gasteiger partial charge in [-0.15, -0.1) is 0 Å². The average Bonchev–Trinajstić information content (AvgIpc) is 2.85. The second-order valence-corrected chi connectivity index (χ2v) is 4.89. The highest BCUT2D eigenvalue weighted by molar-refractivity contribution is 6.30. The van der Waals surface area contributed by atoms with Gasteiger partial charge >= 0.3 is 5.97 Å². The summed E-state index contributed by atoms with van der Waals surface area (Å²) < 4.78 is 11.2. The maximum atomic E-state index is 12.5. The zero-order valence-electron chi connectivity index (χ0n) is 12.7. The summed E-state index contributed by atoms with van der Waals surface area (Å²) in [5, 5.41) is 3.44. The highest BCUT2D eigenvalue weighted by Crippen LogP contribution is 2.15. The van der Waals surface area contributed by atoms with Crippen molar-refractivity contribution < 1.29 is 14.3 Å². The number of aromatic nitrogens is 2. The molecule has 0 aliphatic rings. The molecule has 2 aromatic rings. The quantitative estimate of drug-likeness (QED) is 0.643. The summed E-state index contributed by atoms with van der Waals surface area (Å²) in [6.07, 6.45) is 1.30. The maximum Gasteiger partial charge on any atom is 0.327 e. The maximum absolute atomic E-state index is 12.5. The average molecular weight is 338 g/mol. The van der Waals surface area contributed by atoms with Crippen molar-refractivity contribution in [2.45, 2.75) is 6.92 Å². The number of nitrogens with one attached hydrogen (secondary N) is 1. The van der Waals surface area contributed by atoms with Gasteiger partial charge in [0.25, 0.3) is 5.56 Å². The Morgan fingerprint density at radius 3 is 2.70 bits per heavy atom. The Balaban J connectivity index is 2.39. The molecule has 0 saturated carbocycles. The number of nitrogens with zero attached hydrogens (tertiary/aromatic N) is 2. The second-order valence-electron chi connectivity index (χ2n) is 4.45. The molecule has 0 fully saturated rings. The lowest BCUT2D eigenvalue weighted by atomic mass is 10.3. The Labute approximate surface area is 137 Å². The highest BCUT2D eigenvalue weighted by atomic mass is 35.5. The Hall–Kier alpha value is -2.54. The van der Waals surface area contributed by atoms with Gasteiger partial charge in [0.2, 0.25) is 5.88 Å². The van der Waals surface area contributed by atoms with E-state index in [-0.39, 0.29) is 23.5 Å². The summed E-state index contributed by atoms with van der Waals surface area (Å²) in [4.78, 5) is 27.5. The number of carbonyl (C=O) groups excluding carboxylic acids is 1. The number of rotatable bonds is 6. The molecule has 0 saturated heterocycles. The highest BCUT2D eigenvalue weighted by Gasteiger charge is 2.15. The molecule has 0 atom stereocenters. The number of benzene rings is 1. The van der Waals surface area contributed by atoms with E-state index in [1.807, 2.05) is 0 Å². The standard InChI is InChI=1S/C15H16ClN3O4/c1-3-23-14-12(8-17-9-13(20)22-2)15(21)19(18-14)11-6-4-10(16)5-7-11/h4-8,18H,3,9H2,1-2H3. The number of halogens is 1. The van der Waals surface area contributed by atoms with Crippen molar-refractivity contribution in [3.8, 4) is 11.6 Å². The molecule has 2 rings (SSSR count). The number of aromatic amines is 1. The summed E-state index contributed by atoms with van der Waals surface area (Å²) in [6.45, 7) is 2.00. The number of hydrogen-bond donors (Lipinski definition) is 1. The van der Waals surface area contributed by atoms with E-state index in [0.717, 1.165) is 0 Å². The van der Waals surface area contributed by atoms with Gasteiger partial charge in [-0.25, -0.2) is 4.68 Å². The Morgan fingerprint density at radius 1 is 1.39 bits per heavy atom. The van der Waals surface area contributed by atoms with Crippen molar-refractivity contribution in [3.05, 3.63) is 45.2 Å². The number of ether oxygens (including phenoxy) is 2. The van der Waals surface area contributed by atoms with Crippen LogP contribution >= 0.6 is 11.6 Å². The molecule has 0 aliphatic heterocycles. The van der Waals surface area contributed by atoms with Crippen LogP contribution in [0.15, 0.2) is 34.1 Å². The van der Waals surface area contributed by atoms with Crippen LogP contribution in [0.1, 0.15) is 12.5 Å². The van der Waals surface area contributed by atoms with E-state index < -0.39 is 5.97 Å². The first-order valence-electron chi connectivity index (χ1n) is 6.87. The van der Waals surface area contributed by atoms with Crippen molar-refractivity contribution in [1.29, 1.82) is 0 Å². The zero-order valence-corrected chi connectivity index (χ0v) is 13.5. The van der Waals surface area contributed by atoms with Crippen molar-refractivity contribution in [2.75, 3.05) is 20.3 Å². The lowest BCUT2D eigenvalue weighted by Gasteiger charge is -2.02. The number of hydrogen-bond acceptors (Lipinski definition) is 5. The molecular formula is C15H16ClN3O4. The van der Waals surface area contributed by atoms with E-state index in [1.54, 1.807) is 31.2 Å². The van der Waals surface area contributed by atoms with Crippen molar-refractivity contribution in [2.24, 2.45) is 4.99 Å². The smallest absolute Gasteiger partial charge is 0.327 e. The molecule has 0 amide bonds. The van der Waals surface area contributed by atoms with Crippen LogP contribution in [0.3, 0.4) is 0 Å². The van der Waals surface area contributed by atoms with Gasteiger partial charge < -0.3 is 9.47 Å². The third-order valence-corrected chi connectivity index (χ3v) is 3.19. The molecule has 1 heterocycles. The molecule has 122 valence electrons. The van der Waals surface area contributed by atoms with E-state index in [1.165, 1.54) is 18.0 Å². The summed E-state index contributed by atoms with van der Waals surface area (Å²) in [7, 11) is 1.27. The fraction of sp³-hybridized carbons (Fsp3) is 0.267. The van der Waals surface area contributed by atoms with Gasteiger partial charge in [-0.1, -0.05) is 11.6 Å². The minimum absolute atomic E-state index is 0.173. The minimum atomic E-state index is -0.493. The van der Waals surface area contributed by atoms with E-state index in [0.29, 0.717) is 17.3 Å². The van der Waals surface area contributed by atoms with Gasteiger partial charge in [-0.05, 0) is 31.2 Å². The monoisotopic (exact) mass is 337 g/mol. The molecule has 1 aromatic heterocycles. The van der Waals surface area contributed by atoms with Crippen LogP contribution in [0.4, 0.5) is 0 Å². The van der Waals surface area contributed by atoms with Crippen molar-refractivity contribution >= 4 is 23.8 Å². The first-order valence-corrected chi connectivity index (χ1v) is 7.25. The summed E-state index contributed by atoms with van der Waals surface area (Å²) in [5.41, 5.74) is 0.489. The fourth-order valence-electron chi connectivity index (χ4n) is 1.85. The van der Waals surface area contributed by atoms with Crippen LogP contribution in [0, 0.1) is 0 Å². The summed E-state index contributed by atoms with van der Waals surface area (Å²) in [5.74, 6) is -0.214. The number of H-pyrrole nitrogens is 1. The molecule has 1 N–H and O–H groups in total. The van der Waals surface area contributed by atoms with Gasteiger partial charge in [-0.3, -0.25) is 19.7 Å². The fourth-order valence-corrected chi connectivity index (χ4v) is 1.97. The molecule has 0 aliphatic carbocycles.